The molecule has 0 saturated carbocycles. The van der Waals surface area contributed by atoms with Gasteiger partial charge in [-0.3, -0.25) is 4.57 Å². The third kappa shape index (κ3) is 7.40. The molecule has 5 heteroatoms. The van der Waals surface area contributed by atoms with E-state index >= 15 is 0 Å². The van der Waals surface area contributed by atoms with Crippen molar-refractivity contribution in [2.75, 3.05) is 0 Å². The topological polar surface area (TPSA) is 44.9 Å². The highest BCUT2D eigenvalue weighted by atomic mass is 16.5. The van der Waals surface area contributed by atoms with Gasteiger partial charge in [0.15, 0.2) is 0 Å². The number of benzene rings is 4. The van der Waals surface area contributed by atoms with Crippen molar-refractivity contribution in [3.8, 4) is 34.1 Å². The lowest BCUT2D eigenvalue weighted by Crippen LogP contribution is -2.12. The van der Waals surface area contributed by atoms with E-state index < -0.39 is 0 Å². The summed E-state index contributed by atoms with van der Waals surface area (Å²) in [6, 6.07) is 34.9. The SMILES string of the molecule is CCCCCCc1ccc2c(c1)c1ccc(Oc3cc(-n4nc(C)c(-c5ccccc5)c4C)cc(C(C)(C)C)c3)cc1n2-c1cc(C(C)(C)C)ccn1. The predicted molar refractivity (Wildman–Crippen MR) is 222 cm³/mol. The molecule has 0 N–H and O–H groups in total. The van der Waals surface area contributed by atoms with Gasteiger partial charge in [0, 0.05) is 40.4 Å². The van der Waals surface area contributed by atoms with Crippen LogP contribution in [0.2, 0.25) is 0 Å². The number of ether oxygens (including phenoxy) is 1. The van der Waals surface area contributed by atoms with Gasteiger partial charge in [0.1, 0.15) is 17.3 Å². The number of fused-ring (bicyclic) bond motifs is 3. The maximum atomic E-state index is 6.84. The van der Waals surface area contributed by atoms with Gasteiger partial charge >= 0.3 is 0 Å². The van der Waals surface area contributed by atoms with Crippen molar-refractivity contribution in [1.82, 2.24) is 19.3 Å². The second kappa shape index (κ2) is 14.3. The maximum absolute atomic E-state index is 6.84. The lowest BCUT2D eigenvalue weighted by Gasteiger charge is -2.22. The van der Waals surface area contributed by atoms with E-state index in [2.05, 4.69) is 169 Å². The van der Waals surface area contributed by atoms with E-state index in [0.717, 1.165) is 51.8 Å². The molecule has 4 aromatic carbocycles. The van der Waals surface area contributed by atoms with E-state index in [4.69, 9.17) is 14.8 Å². The Morgan fingerprint density at radius 3 is 2.17 bits per heavy atom. The van der Waals surface area contributed by atoms with Crippen LogP contribution in [0.25, 0.3) is 44.4 Å². The first-order valence-electron chi connectivity index (χ1n) is 19.3. The van der Waals surface area contributed by atoms with E-state index in [1.54, 1.807) is 0 Å². The number of unbranched alkanes of at least 4 members (excludes halogenated alkanes) is 3. The fourth-order valence-electron chi connectivity index (χ4n) is 7.53. The van der Waals surface area contributed by atoms with Crippen LogP contribution in [0.3, 0.4) is 0 Å². The molecule has 0 unspecified atom stereocenters. The Morgan fingerprint density at radius 1 is 0.660 bits per heavy atom. The lowest BCUT2D eigenvalue weighted by molar-refractivity contribution is 0.478. The largest absolute Gasteiger partial charge is 0.457 e. The van der Waals surface area contributed by atoms with Gasteiger partial charge < -0.3 is 4.74 Å². The molecule has 7 aromatic rings. The quantitative estimate of drug-likeness (QED) is 0.133. The van der Waals surface area contributed by atoms with E-state index in [1.807, 2.05) is 6.20 Å². The fourth-order valence-corrected chi connectivity index (χ4v) is 7.53. The fraction of sp³-hybridized carbons (Fsp3) is 0.333. The Balaban J connectivity index is 1.34. The summed E-state index contributed by atoms with van der Waals surface area (Å²) in [5.41, 5.74) is 11.4. The van der Waals surface area contributed by atoms with Gasteiger partial charge in [0.05, 0.1) is 22.4 Å². The molecular formula is C48H54N4O. The van der Waals surface area contributed by atoms with Gasteiger partial charge in [-0.15, -0.1) is 0 Å². The van der Waals surface area contributed by atoms with Gasteiger partial charge in [-0.25, -0.2) is 9.67 Å². The van der Waals surface area contributed by atoms with Crippen LogP contribution in [0, 0.1) is 13.8 Å². The predicted octanol–water partition coefficient (Wildman–Crippen LogP) is 13.2. The van der Waals surface area contributed by atoms with Crippen LogP contribution < -0.4 is 4.74 Å². The molecule has 0 amide bonds. The summed E-state index contributed by atoms with van der Waals surface area (Å²) in [7, 11) is 0. The summed E-state index contributed by atoms with van der Waals surface area (Å²) >= 11 is 0. The third-order valence-electron chi connectivity index (χ3n) is 10.6. The molecule has 272 valence electrons. The van der Waals surface area contributed by atoms with E-state index in [0.29, 0.717) is 0 Å². The Bertz CT molecular complexity index is 2400. The van der Waals surface area contributed by atoms with Crippen LogP contribution in [0.15, 0.2) is 103 Å². The molecule has 0 atom stereocenters. The highest BCUT2D eigenvalue weighted by molar-refractivity contribution is 6.09. The van der Waals surface area contributed by atoms with Gasteiger partial charge in [-0.2, -0.15) is 5.10 Å². The van der Waals surface area contributed by atoms with Crippen LogP contribution in [0.5, 0.6) is 11.5 Å². The Kier molecular flexibility index (Phi) is 9.80. The van der Waals surface area contributed by atoms with Crippen LogP contribution in [0.4, 0.5) is 0 Å². The van der Waals surface area contributed by atoms with Crippen molar-refractivity contribution in [2.24, 2.45) is 0 Å². The van der Waals surface area contributed by atoms with Gasteiger partial charge in [-0.1, -0.05) is 104 Å². The Hall–Kier alpha value is -5.16. The maximum Gasteiger partial charge on any atom is 0.137 e. The lowest BCUT2D eigenvalue weighted by atomic mass is 9.86. The van der Waals surface area contributed by atoms with Crippen molar-refractivity contribution in [2.45, 2.75) is 105 Å². The minimum absolute atomic E-state index is 0.000507. The second-order valence-corrected chi connectivity index (χ2v) is 16.7. The summed E-state index contributed by atoms with van der Waals surface area (Å²) in [6.07, 6.45) is 8.06. The average molecular weight is 703 g/mol. The van der Waals surface area contributed by atoms with Crippen molar-refractivity contribution < 1.29 is 4.74 Å². The van der Waals surface area contributed by atoms with Crippen LogP contribution in [-0.4, -0.2) is 19.3 Å². The first kappa shape index (κ1) is 36.2. The minimum Gasteiger partial charge on any atom is -0.457 e. The Labute approximate surface area is 315 Å². The Morgan fingerprint density at radius 2 is 1.43 bits per heavy atom. The van der Waals surface area contributed by atoms with E-state index in [-0.39, 0.29) is 10.8 Å². The zero-order valence-corrected chi connectivity index (χ0v) is 33.0. The normalized spacial score (nSPS) is 12.2. The van der Waals surface area contributed by atoms with Crippen molar-refractivity contribution in [3.05, 3.63) is 131 Å². The first-order valence-corrected chi connectivity index (χ1v) is 19.3. The van der Waals surface area contributed by atoms with Crippen molar-refractivity contribution >= 4 is 21.8 Å². The number of hydrogen-bond acceptors (Lipinski definition) is 3. The van der Waals surface area contributed by atoms with E-state index in [9.17, 15) is 0 Å². The molecule has 0 fully saturated rings. The smallest absolute Gasteiger partial charge is 0.137 e. The molecule has 53 heavy (non-hydrogen) atoms. The van der Waals surface area contributed by atoms with Gasteiger partial charge in [0.25, 0.3) is 0 Å². The van der Waals surface area contributed by atoms with Crippen LogP contribution in [0.1, 0.15) is 102 Å². The molecule has 0 saturated heterocycles. The number of nitrogens with zero attached hydrogens (tertiary/aromatic N) is 4. The van der Waals surface area contributed by atoms with Gasteiger partial charge in [-0.05, 0) is 108 Å². The highest BCUT2D eigenvalue weighted by Gasteiger charge is 2.22. The van der Waals surface area contributed by atoms with Crippen LogP contribution >= 0.6 is 0 Å². The standard InChI is InChI=1S/C48H54N4O/c1-10-11-12-14-17-34-20-23-43-42(26-34)41-22-21-39(31-44(41)51(43)45-29-36(24-25-49-45)47(4,5)6)53-40-28-37(48(7,8)9)27-38(30-40)52-33(3)46(32(2)50-52)35-18-15-13-16-19-35/h13,15-16,18-31H,10-12,14,17H2,1-9H3. The number of aryl methyl sites for hydroxylation is 2. The van der Waals surface area contributed by atoms with E-state index in [1.165, 1.54) is 64.3 Å². The monoisotopic (exact) mass is 702 g/mol. The minimum atomic E-state index is -0.0964. The first-order chi connectivity index (χ1) is 25.3. The highest BCUT2D eigenvalue weighted by Crippen LogP contribution is 2.38. The molecule has 3 heterocycles. The number of hydrogen-bond donors (Lipinski definition) is 0. The average Bonchev–Trinajstić information content (AvgIpc) is 3.61. The number of rotatable bonds is 10. The molecule has 0 radical (unpaired) electrons. The van der Waals surface area contributed by atoms with Crippen molar-refractivity contribution in [1.29, 1.82) is 0 Å². The molecule has 0 aliphatic heterocycles. The number of aromatic nitrogens is 4. The molecule has 0 bridgehead atoms. The molecule has 7 rings (SSSR count). The zero-order valence-electron chi connectivity index (χ0n) is 33.0. The summed E-state index contributed by atoms with van der Waals surface area (Å²) in [6.45, 7) is 20.0. The summed E-state index contributed by atoms with van der Waals surface area (Å²) in [5, 5.41) is 7.50. The summed E-state index contributed by atoms with van der Waals surface area (Å²) in [5.74, 6) is 2.48. The number of pyridine rings is 1. The zero-order chi connectivity index (χ0) is 37.5. The summed E-state index contributed by atoms with van der Waals surface area (Å²) in [4.78, 5) is 4.94. The second-order valence-electron chi connectivity index (χ2n) is 16.7. The summed E-state index contributed by atoms with van der Waals surface area (Å²) < 4.78 is 11.2. The molecular weight excluding hydrogens is 649 g/mol. The molecule has 0 aliphatic rings. The molecule has 3 aromatic heterocycles. The van der Waals surface area contributed by atoms with Gasteiger partial charge in [0.2, 0.25) is 0 Å². The van der Waals surface area contributed by atoms with Crippen LogP contribution in [-0.2, 0) is 17.3 Å². The molecule has 0 spiro atoms. The molecule has 0 aliphatic carbocycles. The van der Waals surface area contributed by atoms with Crippen molar-refractivity contribution in [3.63, 3.8) is 0 Å². The third-order valence-corrected chi connectivity index (χ3v) is 10.6. The molecule has 5 nitrogen and oxygen atoms in total.